The van der Waals surface area contributed by atoms with Crippen LogP contribution in [0.1, 0.15) is 43.0 Å². The maximum atomic E-state index is 12.9. The van der Waals surface area contributed by atoms with Crippen molar-refractivity contribution in [1.29, 1.82) is 0 Å². The molecule has 0 amide bonds. The van der Waals surface area contributed by atoms with Gasteiger partial charge in [0.1, 0.15) is 0 Å². The molecule has 3 atom stereocenters. The van der Waals surface area contributed by atoms with Crippen LogP contribution in [0.15, 0.2) is 29.2 Å². The minimum atomic E-state index is -3.55. The molecule has 2 aliphatic carbocycles. The molecule has 3 fully saturated rings. The molecule has 28 heavy (non-hydrogen) atoms. The number of benzene rings is 1. The van der Waals surface area contributed by atoms with Crippen LogP contribution >= 0.6 is 12.2 Å². The smallest absolute Gasteiger partial charge is 0.243 e. The lowest BCUT2D eigenvalue weighted by Crippen LogP contribution is -2.54. The van der Waals surface area contributed by atoms with Crippen molar-refractivity contribution in [2.24, 2.45) is 11.8 Å². The molecule has 4 rings (SSSR count). The van der Waals surface area contributed by atoms with E-state index in [1.807, 2.05) is 0 Å². The second kappa shape index (κ2) is 7.72. The van der Waals surface area contributed by atoms with Crippen LogP contribution in [0.5, 0.6) is 0 Å². The number of sulfonamides is 1. The Kier molecular flexibility index (Phi) is 5.46. The van der Waals surface area contributed by atoms with E-state index in [0.717, 1.165) is 16.9 Å². The number of hydrogen-bond acceptors (Lipinski definition) is 4. The molecule has 1 saturated heterocycles. The monoisotopic (exact) mass is 421 g/mol. The molecule has 1 aromatic rings. The average Bonchev–Trinajstić information content (AvgIpc) is 3.31. The van der Waals surface area contributed by atoms with Gasteiger partial charge in [0.2, 0.25) is 10.0 Å². The third kappa shape index (κ3) is 3.82. The molecule has 1 heterocycles. The fourth-order valence-electron chi connectivity index (χ4n) is 4.81. The molecule has 2 bridgehead atoms. The summed E-state index contributed by atoms with van der Waals surface area (Å²) in [6.07, 6.45) is 5.21. The summed E-state index contributed by atoms with van der Waals surface area (Å²) in [4.78, 5) is 13.7. The van der Waals surface area contributed by atoms with Crippen LogP contribution in [0.3, 0.4) is 0 Å². The first-order chi connectivity index (χ1) is 13.3. The molecule has 0 unspecified atom stereocenters. The largest absolute Gasteiger partial charge is 0.360 e. The van der Waals surface area contributed by atoms with Gasteiger partial charge in [-0.2, -0.15) is 4.31 Å². The van der Waals surface area contributed by atoms with Gasteiger partial charge in [-0.3, -0.25) is 4.79 Å². The Bertz CT molecular complexity index is 861. The number of hydrogen-bond donors (Lipinski definition) is 1. The van der Waals surface area contributed by atoms with Crippen LogP contribution in [0, 0.1) is 11.8 Å². The molecule has 0 radical (unpaired) electrons. The van der Waals surface area contributed by atoms with E-state index in [1.165, 1.54) is 49.0 Å². The molecule has 8 heteroatoms. The van der Waals surface area contributed by atoms with Crippen LogP contribution in [-0.4, -0.2) is 60.7 Å². The molecular formula is C20H27N3O3S2. The van der Waals surface area contributed by atoms with Crippen LogP contribution in [0.2, 0.25) is 0 Å². The number of nitrogens with zero attached hydrogens (tertiary/aromatic N) is 2. The second-order valence-corrected chi connectivity index (χ2v) is 10.5. The van der Waals surface area contributed by atoms with Gasteiger partial charge in [0.15, 0.2) is 10.9 Å². The lowest BCUT2D eigenvalue weighted by atomic mass is 9.95. The minimum absolute atomic E-state index is 0.0749. The van der Waals surface area contributed by atoms with Gasteiger partial charge in [-0.25, -0.2) is 8.42 Å². The Labute approximate surface area is 172 Å². The summed E-state index contributed by atoms with van der Waals surface area (Å²) in [5, 5.41) is 4.30. The van der Waals surface area contributed by atoms with E-state index < -0.39 is 10.0 Å². The van der Waals surface area contributed by atoms with Crippen LogP contribution in [0.4, 0.5) is 0 Å². The molecule has 0 spiro atoms. The van der Waals surface area contributed by atoms with Gasteiger partial charge >= 0.3 is 0 Å². The third-order valence-corrected chi connectivity index (χ3v) is 8.76. The molecule has 0 aromatic heterocycles. The van der Waals surface area contributed by atoms with Crippen molar-refractivity contribution < 1.29 is 13.2 Å². The van der Waals surface area contributed by atoms with Gasteiger partial charge in [-0.05, 0) is 62.4 Å². The van der Waals surface area contributed by atoms with E-state index in [4.69, 9.17) is 12.2 Å². The Hall–Kier alpha value is -1.51. The van der Waals surface area contributed by atoms with Gasteiger partial charge in [-0.1, -0.05) is 18.6 Å². The lowest BCUT2D eigenvalue weighted by molar-refractivity contribution is 0.101. The van der Waals surface area contributed by atoms with Crippen molar-refractivity contribution in [3.8, 4) is 0 Å². The van der Waals surface area contributed by atoms with Crippen molar-refractivity contribution in [1.82, 2.24) is 14.5 Å². The Balaban J connectivity index is 1.34. The molecule has 2 saturated carbocycles. The van der Waals surface area contributed by atoms with Crippen molar-refractivity contribution in [2.75, 3.05) is 26.2 Å². The van der Waals surface area contributed by atoms with Gasteiger partial charge in [0.05, 0.1) is 4.90 Å². The van der Waals surface area contributed by atoms with Crippen molar-refractivity contribution in [2.45, 2.75) is 43.5 Å². The van der Waals surface area contributed by atoms with E-state index in [9.17, 15) is 13.2 Å². The number of thiocarbonyl (C=S) groups is 1. The topological polar surface area (TPSA) is 69.7 Å². The summed E-state index contributed by atoms with van der Waals surface area (Å²) in [5.41, 5.74) is 0.515. The summed E-state index contributed by atoms with van der Waals surface area (Å²) >= 11 is 5.61. The Morgan fingerprint density at radius 1 is 1.07 bits per heavy atom. The first-order valence-corrected chi connectivity index (χ1v) is 11.9. The average molecular weight is 422 g/mol. The fraction of sp³-hybridized carbons (Fsp3) is 0.600. The summed E-state index contributed by atoms with van der Waals surface area (Å²) in [5.74, 6) is 1.54. The van der Waals surface area contributed by atoms with Crippen LogP contribution in [0.25, 0.3) is 0 Å². The lowest BCUT2D eigenvalue weighted by Gasteiger charge is -2.37. The van der Waals surface area contributed by atoms with Gasteiger partial charge < -0.3 is 10.2 Å². The number of rotatable bonds is 4. The summed E-state index contributed by atoms with van der Waals surface area (Å²) < 4.78 is 27.3. The number of carbonyl (C=O) groups is 1. The van der Waals surface area contributed by atoms with E-state index >= 15 is 0 Å². The predicted octanol–water partition coefficient (Wildman–Crippen LogP) is 2.26. The first kappa shape index (κ1) is 19.8. The summed E-state index contributed by atoms with van der Waals surface area (Å²) in [6, 6.07) is 6.66. The molecule has 1 aromatic carbocycles. The van der Waals surface area contributed by atoms with Gasteiger partial charge in [0.25, 0.3) is 0 Å². The molecule has 152 valence electrons. The van der Waals surface area contributed by atoms with Crippen LogP contribution in [-0.2, 0) is 10.0 Å². The van der Waals surface area contributed by atoms with E-state index in [-0.39, 0.29) is 10.7 Å². The number of carbonyl (C=O) groups excluding carboxylic acids is 1. The van der Waals surface area contributed by atoms with Crippen molar-refractivity contribution in [3.63, 3.8) is 0 Å². The third-order valence-electron chi connectivity index (χ3n) is 6.47. The highest BCUT2D eigenvalue weighted by atomic mass is 32.2. The highest BCUT2D eigenvalue weighted by Crippen LogP contribution is 2.44. The standard InChI is InChI=1S/C20H27N3O3S2/c1-14(24)16-4-6-18(7-5-16)28(25,26)23-10-8-22(9-11-23)20(27)21-19-13-15-2-3-17(19)12-15/h4-7,15,17,19H,2-3,8-13H2,1H3,(H,21,27)/t15-,17+,19-/m0/s1. The Morgan fingerprint density at radius 2 is 1.75 bits per heavy atom. The number of nitrogens with one attached hydrogen (secondary N) is 1. The van der Waals surface area contributed by atoms with Crippen LogP contribution < -0.4 is 5.32 Å². The molecular weight excluding hydrogens is 394 g/mol. The van der Waals surface area contributed by atoms with E-state index in [0.29, 0.717) is 37.8 Å². The highest BCUT2D eigenvalue weighted by molar-refractivity contribution is 7.89. The minimum Gasteiger partial charge on any atom is -0.360 e. The number of Topliss-reactive ketones (excluding diaryl/α,β-unsaturated/α-hetero) is 1. The maximum Gasteiger partial charge on any atom is 0.243 e. The molecule has 3 aliphatic rings. The van der Waals surface area contributed by atoms with E-state index in [1.54, 1.807) is 12.1 Å². The summed E-state index contributed by atoms with van der Waals surface area (Å²) in [7, 11) is -3.55. The zero-order chi connectivity index (χ0) is 19.9. The van der Waals surface area contributed by atoms with Gasteiger partial charge in [-0.15, -0.1) is 0 Å². The molecule has 6 nitrogen and oxygen atoms in total. The normalized spacial score (nSPS) is 27.8. The number of fused-ring (bicyclic) bond motifs is 2. The SMILES string of the molecule is CC(=O)c1ccc(S(=O)(=O)N2CCN(C(=S)N[C@H]3C[C@H]4CC[C@@H]3C4)CC2)cc1. The van der Waals surface area contributed by atoms with Crippen molar-refractivity contribution in [3.05, 3.63) is 29.8 Å². The zero-order valence-corrected chi connectivity index (χ0v) is 17.8. The number of piperazine rings is 1. The first-order valence-electron chi connectivity index (χ1n) is 10.0. The predicted molar refractivity (Wildman–Crippen MR) is 112 cm³/mol. The highest BCUT2D eigenvalue weighted by Gasteiger charge is 2.40. The molecule has 1 N–H and O–H groups in total. The molecule has 1 aliphatic heterocycles. The maximum absolute atomic E-state index is 12.9. The quantitative estimate of drug-likeness (QED) is 0.594. The van der Waals surface area contributed by atoms with Crippen molar-refractivity contribution >= 4 is 33.1 Å². The van der Waals surface area contributed by atoms with Gasteiger partial charge in [0, 0.05) is 37.8 Å². The number of ketones is 1. The van der Waals surface area contributed by atoms with E-state index in [2.05, 4.69) is 10.2 Å². The second-order valence-electron chi connectivity index (χ2n) is 8.20. The summed E-state index contributed by atoms with van der Waals surface area (Å²) in [6.45, 7) is 3.48. The zero-order valence-electron chi connectivity index (χ0n) is 16.1. The Morgan fingerprint density at radius 3 is 2.29 bits per heavy atom. The fourth-order valence-corrected chi connectivity index (χ4v) is 6.57.